The van der Waals surface area contributed by atoms with Crippen LogP contribution in [0.25, 0.3) is 33.5 Å². The zero-order chi connectivity index (χ0) is 19.6. The van der Waals surface area contributed by atoms with Crippen LogP contribution >= 0.6 is 11.6 Å². The Kier molecular flexibility index (Phi) is 4.58. The van der Waals surface area contributed by atoms with Gasteiger partial charge in [0.25, 0.3) is 0 Å². The number of aryl methyl sites for hydroxylation is 2. The Morgan fingerprint density at radius 1 is 0.690 bits per heavy atom. The highest BCUT2D eigenvalue weighted by molar-refractivity contribution is 6.38. The number of benzene rings is 2. The first-order valence-corrected chi connectivity index (χ1v) is 9.83. The third-order valence-corrected chi connectivity index (χ3v) is 5.30. The molecule has 0 aliphatic rings. The molecule has 0 bridgehead atoms. The van der Waals surface area contributed by atoms with Crippen LogP contribution in [0.15, 0.2) is 85.2 Å². The molecule has 6 heteroatoms. The average molecular weight is 400 g/mol. The van der Waals surface area contributed by atoms with Gasteiger partial charge in [0.2, 0.25) is 0 Å². The van der Waals surface area contributed by atoms with Crippen LogP contribution in [0.1, 0.15) is 0 Å². The second-order valence-corrected chi connectivity index (χ2v) is 7.16. The smallest absolute Gasteiger partial charge is 0.182 e. The SMILES string of the molecule is Clc1c(-c2ccccc2)nnc2c1c(-c1ccccc1)nn2CCn1cccc1. The standard InChI is InChI=1S/C23H18ClN5/c24-20-19-21(17-9-3-1-4-10-17)27-29(16-15-28-13-7-8-14-28)23(19)26-25-22(20)18-11-5-2-6-12-18/h1-14H,15-16H2. The molecule has 5 aromatic rings. The van der Waals surface area contributed by atoms with E-state index in [-0.39, 0.29) is 0 Å². The summed E-state index contributed by atoms with van der Waals surface area (Å²) in [6, 6.07) is 24.0. The van der Waals surface area contributed by atoms with Gasteiger partial charge in [-0.3, -0.25) is 0 Å². The first-order valence-electron chi connectivity index (χ1n) is 9.45. The molecule has 0 radical (unpaired) electrons. The van der Waals surface area contributed by atoms with Gasteiger partial charge in [-0.15, -0.1) is 10.2 Å². The zero-order valence-corrected chi connectivity index (χ0v) is 16.4. The minimum Gasteiger partial charge on any atom is -0.352 e. The molecule has 0 atom stereocenters. The topological polar surface area (TPSA) is 48.5 Å². The van der Waals surface area contributed by atoms with Crippen molar-refractivity contribution in [2.75, 3.05) is 0 Å². The Labute approximate surface area is 173 Å². The van der Waals surface area contributed by atoms with Crippen LogP contribution in [-0.2, 0) is 13.1 Å². The molecule has 0 spiro atoms. The van der Waals surface area contributed by atoms with E-state index in [4.69, 9.17) is 16.7 Å². The summed E-state index contributed by atoms with van der Waals surface area (Å²) < 4.78 is 4.01. The Hall–Kier alpha value is -3.44. The molecule has 0 fully saturated rings. The van der Waals surface area contributed by atoms with E-state index in [1.54, 1.807) is 0 Å². The number of halogens is 1. The minimum absolute atomic E-state index is 0.576. The van der Waals surface area contributed by atoms with E-state index in [1.165, 1.54) is 0 Å². The number of rotatable bonds is 5. The molecule has 0 saturated carbocycles. The van der Waals surface area contributed by atoms with Gasteiger partial charge >= 0.3 is 0 Å². The molecule has 29 heavy (non-hydrogen) atoms. The summed E-state index contributed by atoms with van der Waals surface area (Å²) in [5, 5.41) is 15.2. The van der Waals surface area contributed by atoms with Crippen molar-refractivity contribution < 1.29 is 0 Å². The van der Waals surface area contributed by atoms with Gasteiger partial charge < -0.3 is 4.57 Å². The van der Waals surface area contributed by atoms with Gasteiger partial charge in [-0.1, -0.05) is 72.3 Å². The van der Waals surface area contributed by atoms with Crippen molar-refractivity contribution in [1.29, 1.82) is 0 Å². The van der Waals surface area contributed by atoms with Crippen molar-refractivity contribution in [3.8, 4) is 22.5 Å². The minimum atomic E-state index is 0.576. The van der Waals surface area contributed by atoms with Crippen molar-refractivity contribution in [2.24, 2.45) is 0 Å². The quantitative estimate of drug-likeness (QED) is 0.402. The Bertz CT molecular complexity index is 1250. The lowest BCUT2D eigenvalue weighted by Crippen LogP contribution is -2.08. The molecular formula is C23H18ClN5. The summed E-state index contributed by atoms with van der Waals surface area (Å²) in [4.78, 5) is 0. The fourth-order valence-electron chi connectivity index (χ4n) is 3.48. The Morgan fingerprint density at radius 3 is 1.97 bits per heavy atom. The lowest BCUT2D eigenvalue weighted by atomic mass is 10.1. The molecule has 0 aliphatic carbocycles. The third kappa shape index (κ3) is 3.30. The first kappa shape index (κ1) is 17.6. The summed E-state index contributed by atoms with van der Waals surface area (Å²) in [6.07, 6.45) is 4.08. The Morgan fingerprint density at radius 2 is 1.31 bits per heavy atom. The maximum atomic E-state index is 6.88. The summed E-state index contributed by atoms with van der Waals surface area (Å²) in [5.74, 6) is 0. The van der Waals surface area contributed by atoms with Crippen molar-refractivity contribution in [3.05, 3.63) is 90.2 Å². The van der Waals surface area contributed by atoms with E-state index in [0.717, 1.165) is 28.8 Å². The van der Waals surface area contributed by atoms with Crippen molar-refractivity contribution >= 4 is 22.6 Å². The molecule has 5 rings (SSSR count). The molecule has 0 aliphatic heterocycles. The van der Waals surface area contributed by atoms with E-state index in [2.05, 4.69) is 14.8 Å². The van der Waals surface area contributed by atoms with E-state index >= 15 is 0 Å². The monoisotopic (exact) mass is 399 g/mol. The van der Waals surface area contributed by atoms with Gasteiger partial charge in [0, 0.05) is 30.1 Å². The molecule has 0 saturated heterocycles. The predicted molar refractivity (Wildman–Crippen MR) is 116 cm³/mol. The largest absolute Gasteiger partial charge is 0.352 e. The molecule has 0 unspecified atom stereocenters. The molecule has 5 nitrogen and oxygen atoms in total. The maximum absolute atomic E-state index is 6.88. The van der Waals surface area contributed by atoms with Crippen molar-refractivity contribution in [1.82, 2.24) is 24.5 Å². The van der Waals surface area contributed by atoms with Gasteiger partial charge in [0.1, 0.15) is 11.4 Å². The van der Waals surface area contributed by atoms with Crippen LogP contribution in [0.2, 0.25) is 5.02 Å². The summed E-state index contributed by atoms with van der Waals surface area (Å²) in [5.41, 5.74) is 4.13. The van der Waals surface area contributed by atoms with Crippen LogP contribution in [-0.4, -0.2) is 24.5 Å². The summed E-state index contributed by atoms with van der Waals surface area (Å²) in [7, 11) is 0. The van der Waals surface area contributed by atoms with Crippen LogP contribution < -0.4 is 0 Å². The highest BCUT2D eigenvalue weighted by Crippen LogP contribution is 2.37. The molecule has 3 aromatic heterocycles. The summed E-state index contributed by atoms with van der Waals surface area (Å²) in [6.45, 7) is 1.46. The van der Waals surface area contributed by atoms with Crippen LogP contribution in [0.3, 0.4) is 0 Å². The fourth-order valence-corrected chi connectivity index (χ4v) is 3.80. The highest BCUT2D eigenvalue weighted by atomic mass is 35.5. The lowest BCUT2D eigenvalue weighted by Gasteiger charge is -2.06. The molecule has 2 aromatic carbocycles. The fraction of sp³-hybridized carbons (Fsp3) is 0.0870. The van der Waals surface area contributed by atoms with Gasteiger partial charge in [-0.25, -0.2) is 4.68 Å². The maximum Gasteiger partial charge on any atom is 0.182 e. The number of hydrogen-bond donors (Lipinski definition) is 0. The van der Waals surface area contributed by atoms with Crippen molar-refractivity contribution in [2.45, 2.75) is 13.1 Å². The summed E-state index contributed by atoms with van der Waals surface area (Å²) >= 11 is 6.88. The molecular weight excluding hydrogens is 382 g/mol. The van der Waals surface area contributed by atoms with Crippen LogP contribution in [0.5, 0.6) is 0 Å². The number of fused-ring (bicyclic) bond motifs is 1. The van der Waals surface area contributed by atoms with Crippen molar-refractivity contribution in [3.63, 3.8) is 0 Å². The number of hydrogen-bond acceptors (Lipinski definition) is 3. The number of nitrogens with zero attached hydrogens (tertiary/aromatic N) is 5. The molecule has 0 N–H and O–H groups in total. The zero-order valence-electron chi connectivity index (χ0n) is 15.6. The number of aromatic nitrogens is 5. The predicted octanol–water partition coefficient (Wildman–Crippen LogP) is 5.32. The van der Waals surface area contributed by atoms with E-state index in [0.29, 0.717) is 22.9 Å². The van der Waals surface area contributed by atoms with Crippen LogP contribution in [0, 0.1) is 0 Å². The molecule has 142 valence electrons. The normalized spacial score (nSPS) is 11.2. The molecule has 0 amide bonds. The average Bonchev–Trinajstić information content (AvgIpc) is 3.42. The lowest BCUT2D eigenvalue weighted by molar-refractivity contribution is 0.545. The van der Waals surface area contributed by atoms with Gasteiger partial charge in [0.15, 0.2) is 5.65 Å². The van der Waals surface area contributed by atoms with E-state index < -0.39 is 0 Å². The first-order chi connectivity index (χ1) is 14.3. The van der Waals surface area contributed by atoms with Gasteiger partial charge in [-0.2, -0.15) is 5.10 Å². The Balaban J connectivity index is 1.68. The highest BCUT2D eigenvalue weighted by Gasteiger charge is 2.20. The molecule has 3 heterocycles. The van der Waals surface area contributed by atoms with E-state index in [1.807, 2.05) is 89.9 Å². The second-order valence-electron chi connectivity index (χ2n) is 6.79. The van der Waals surface area contributed by atoms with Crippen LogP contribution in [0.4, 0.5) is 0 Å². The van der Waals surface area contributed by atoms with E-state index in [9.17, 15) is 0 Å². The second kappa shape index (κ2) is 7.53. The van der Waals surface area contributed by atoms with Gasteiger partial charge in [-0.05, 0) is 12.1 Å². The van der Waals surface area contributed by atoms with Gasteiger partial charge in [0.05, 0.1) is 17.0 Å². The third-order valence-electron chi connectivity index (χ3n) is 4.93.